The Balaban J connectivity index is 1.45. The lowest BCUT2D eigenvalue weighted by molar-refractivity contribution is -0.123. The van der Waals surface area contributed by atoms with Crippen LogP contribution in [0.5, 0.6) is 0 Å². The van der Waals surface area contributed by atoms with Crippen LogP contribution in [0.2, 0.25) is 0 Å². The fourth-order valence-corrected chi connectivity index (χ4v) is 5.78. The molecule has 6 heteroatoms. The van der Waals surface area contributed by atoms with Crippen molar-refractivity contribution < 1.29 is 13.2 Å². The number of rotatable bonds is 3. The maximum absolute atomic E-state index is 12.8. The largest absolute Gasteiger partial charge is 0.357 e. The highest BCUT2D eigenvalue weighted by Gasteiger charge is 2.30. The summed E-state index contributed by atoms with van der Waals surface area (Å²) in [5, 5.41) is 4.31. The lowest BCUT2D eigenvalue weighted by Crippen LogP contribution is -2.37. The van der Waals surface area contributed by atoms with E-state index in [4.69, 9.17) is 0 Å². The second kappa shape index (κ2) is 6.48. The zero-order chi connectivity index (χ0) is 17.4. The van der Waals surface area contributed by atoms with Gasteiger partial charge in [-0.2, -0.15) is 0 Å². The number of carbonyl (C=O) groups excluding carboxylic acids is 1. The standard InChI is InChI=1S/C19H24N2O3S/c22-19(20-12-13-8-10-25(23,24)11-9-13)16-6-3-5-15-14-4-1-2-7-17(14)21-18(15)16/h1-2,4,7,13,16,21H,3,5-6,8-12H2,(H,20,22)/t16-/m0/s1. The molecule has 1 aliphatic heterocycles. The average Bonchev–Trinajstić information content (AvgIpc) is 2.99. The Morgan fingerprint density at radius 3 is 2.72 bits per heavy atom. The molecule has 0 radical (unpaired) electrons. The van der Waals surface area contributed by atoms with Gasteiger partial charge < -0.3 is 10.3 Å². The molecule has 2 heterocycles. The summed E-state index contributed by atoms with van der Waals surface area (Å²) in [6.07, 6.45) is 4.22. The molecule has 5 nitrogen and oxygen atoms in total. The van der Waals surface area contributed by atoms with Crippen LogP contribution in [0.4, 0.5) is 0 Å². The van der Waals surface area contributed by atoms with Crippen LogP contribution in [0.3, 0.4) is 0 Å². The highest BCUT2D eigenvalue weighted by atomic mass is 32.2. The topological polar surface area (TPSA) is 79.0 Å². The number of amides is 1. The molecule has 1 fully saturated rings. The lowest BCUT2D eigenvalue weighted by atomic mass is 9.86. The molecule has 0 bridgehead atoms. The molecule has 1 amide bonds. The SMILES string of the molecule is O=C(NCC1CCS(=O)(=O)CC1)[C@H]1CCCc2c1[nH]c1ccccc21. The van der Waals surface area contributed by atoms with E-state index in [2.05, 4.69) is 22.4 Å². The summed E-state index contributed by atoms with van der Waals surface area (Å²) >= 11 is 0. The minimum Gasteiger partial charge on any atom is -0.357 e. The number of nitrogens with one attached hydrogen (secondary N) is 2. The lowest BCUT2D eigenvalue weighted by Gasteiger charge is -2.25. The van der Waals surface area contributed by atoms with Crippen molar-refractivity contribution in [2.45, 2.75) is 38.0 Å². The van der Waals surface area contributed by atoms with Crippen molar-refractivity contribution in [3.05, 3.63) is 35.5 Å². The summed E-state index contributed by atoms with van der Waals surface area (Å²) in [5.74, 6) is 0.731. The molecule has 2 aromatic rings. The molecule has 134 valence electrons. The molecule has 4 rings (SSSR count). The summed E-state index contributed by atoms with van der Waals surface area (Å²) in [5.41, 5.74) is 3.45. The van der Waals surface area contributed by atoms with E-state index < -0.39 is 9.84 Å². The van der Waals surface area contributed by atoms with Crippen molar-refractivity contribution in [3.63, 3.8) is 0 Å². The van der Waals surface area contributed by atoms with Gasteiger partial charge in [0, 0.05) is 23.1 Å². The van der Waals surface area contributed by atoms with Gasteiger partial charge in [-0.3, -0.25) is 4.79 Å². The first-order valence-electron chi connectivity index (χ1n) is 9.11. The van der Waals surface area contributed by atoms with Crippen LogP contribution in [-0.4, -0.2) is 37.4 Å². The third-order valence-corrected chi connectivity index (χ3v) is 7.39. The second-order valence-electron chi connectivity index (χ2n) is 7.35. The molecule has 2 aliphatic rings. The van der Waals surface area contributed by atoms with Crippen LogP contribution in [0.15, 0.2) is 24.3 Å². The number of H-pyrrole nitrogens is 1. The fraction of sp³-hybridized carbons (Fsp3) is 0.526. The Morgan fingerprint density at radius 1 is 1.16 bits per heavy atom. The number of hydrogen-bond donors (Lipinski definition) is 2. The Labute approximate surface area is 148 Å². The molecule has 1 aromatic heterocycles. The number of aromatic amines is 1. The molecule has 1 aromatic carbocycles. The van der Waals surface area contributed by atoms with Gasteiger partial charge in [0.2, 0.25) is 5.91 Å². The Morgan fingerprint density at radius 2 is 1.92 bits per heavy atom. The number of hydrogen-bond acceptors (Lipinski definition) is 3. The summed E-state index contributed by atoms with van der Waals surface area (Å²) in [4.78, 5) is 16.2. The van der Waals surface area contributed by atoms with Crippen molar-refractivity contribution >= 4 is 26.6 Å². The Kier molecular flexibility index (Phi) is 4.31. The van der Waals surface area contributed by atoms with Gasteiger partial charge in [0.1, 0.15) is 9.84 Å². The van der Waals surface area contributed by atoms with Gasteiger partial charge >= 0.3 is 0 Å². The van der Waals surface area contributed by atoms with Crippen molar-refractivity contribution in [1.29, 1.82) is 0 Å². The van der Waals surface area contributed by atoms with Gasteiger partial charge in [-0.15, -0.1) is 0 Å². The van der Waals surface area contributed by atoms with Crippen LogP contribution in [0.25, 0.3) is 10.9 Å². The van der Waals surface area contributed by atoms with E-state index in [0.717, 1.165) is 30.5 Å². The molecule has 0 saturated carbocycles. The summed E-state index contributed by atoms with van der Waals surface area (Å²) in [7, 11) is -2.85. The quantitative estimate of drug-likeness (QED) is 0.883. The predicted octanol–water partition coefficient (Wildman–Crippen LogP) is 2.53. The first-order valence-corrected chi connectivity index (χ1v) is 10.9. The summed E-state index contributed by atoms with van der Waals surface area (Å²) in [6.45, 7) is 0.584. The van der Waals surface area contributed by atoms with E-state index in [-0.39, 0.29) is 29.2 Å². The highest BCUT2D eigenvalue weighted by Crippen LogP contribution is 2.36. The highest BCUT2D eigenvalue weighted by molar-refractivity contribution is 7.91. The van der Waals surface area contributed by atoms with Gasteiger partial charge in [-0.1, -0.05) is 18.2 Å². The van der Waals surface area contributed by atoms with Gasteiger partial charge in [0.05, 0.1) is 17.4 Å². The maximum Gasteiger partial charge on any atom is 0.229 e. The molecule has 2 N–H and O–H groups in total. The van der Waals surface area contributed by atoms with Gasteiger partial charge in [-0.25, -0.2) is 8.42 Å². The monoisotopic (exact) mass is 360 g/mol. The Hall–Kier alpha value is -1.82. The van der Waals surface area contributed by atoms with Gasteiger partial charge in [0.15, 0.2) is 0 Å². The zero-order valence-corrected chi connectivity index (χ0v) is 15.1. The normalized spacial score (nSPS) is 23.3. The first-order chi connectivity index (χ1) is 12.0. The third-order valence-electron chi connectivity index (χ3n) is 5.67. The van der Waals surface area contributed by atoms with E-state index in [1.54, 1.807) is 0 Å². The maximum atomic E-state index is 12.8. The van der Waals surface area contributed by atoms with Crippen LogP contribution in [0.1, 0.15) is 42.9 Å². The molecule has 1 aliphatic carbocycles. The number of aromatic nitrogens is 1. The van der Waals surface area contributed by atoms with Crippen molar-refractivity contribution in [3.8, 4) is 0 Å². The van der Waals surface area contributed by atoms with Crippen LogP contribution < -0.4 is 5.32 Å². The number of aryl methyl sites for hydroxylation is 1. The van der Waals surface area contributed by atoms with E-state index in [1.165, 1.54) is 10.9 Å². The zero-order valence-electron chi connectivity index (χ0n) is 14.3. The summed E-state index contributed by atoms with van der Waals surface area (Å²) < 4.78 is 23.0. The molecular weight excluding hydrogens is 336 g/mol. The van der Waals surface area contributed by atoms with Crippen LogP contribution in [-0.2, 0) is 21.1 Å². The number of benzene rings is 1. The van der Waals surface area contributed by atoms with Gasteiger partial charge in [0.25, 0.3) is 0 Å². The molecule has 0 unspecified atom stereocenters. The smallest absolute Gasteiger partial charge is 0.229 e. The van der Waals surface area contributed by atoms with Crippen LogP contribution >= 0.6 is 0 Å². The minimum absolute atomic E-state index is 0.0703. The number of carbonyl (C=O) groups is 1. The number of sulfone groups is 1. The Bertz CT molecular complexity index is 887. The summed E-state index contributed by atoms with van der Waals surface area (Å²) in [6, 6.07) is 8.23. The molecule has 25 heavy (non-hydrogen) atoms. The van der Waals surface area contributed by atoms with E-state index in [1.807, 2.05) is 12.1 Å². The minimum atomic E-state index is -2.85. The molecule has 1 saturated heterocycles. The van der Waals surface area contributed by atoms with Crippen molar-refractivity contribution in [2.75, 3.05) is 18.1 Å². The predicted molar refractivity (Wildman–Crippen MR) is 98.4 cm³/mol. The third kappa shape index (κ3) is 3.32. The second-order valence-corrected chi connectivity index (χ2v) is 9.65. The van der Waals surface area contributed by atoms with Crippen molar-refractivity contribution in [2.24, 2.45) is 5.92 Å². The first kappa shape index (κ1) is 16.6. The molecular formula is C19H24N2O3S. The van der Waals surface area contributed by atoms with E-state index >= 15 is 0 Å². The van der Waals surface area contributed by atoms with Crippen molar-refractivity contribution in [1.82, 2.24) is 10.3 Å². The van der Waals surface area contributed by atoms with E-state index in [9.17, 15) is 13.2 Å². The van der Waals surface area contributed by atoms with Gasteiger partial charge in [-0.05, 0) is 49.7 Å². The van der Waals surface area contributed by atoms with E-state index in [0.29, 0.717) is 19.4 Å². The average molecular weight is 360 g/mol. The molecule has 1 atom stereocenters. The fourth-order valence-electron chi connectivity index (χ4n) is 4.19. The number of fused-ring (bicyclic) bond motifs is 3. The van der Waals surface area contributed by atoms with Crippen LogP contribution in [0, 0.1) is 5.92 Å². The number of para-hydroxylation sites is 1. The molecule has 0 spiro atoms.